The number of imidazole rings is 1. The van der Waals surface area contributed by atoms with Crippen LogP contribution in [0.1, 0.15) is 37.9 Å². The lowest BCUT2D eigenvalue weighted by molar-refractivity contribution is -0.123. The number of benzene rings is 2. The number of anilines is 2. The van der Waals surface area contributed by atoms with Gasteiger partial charge in [0.25, 0.3) is 0 Å². The number of nitrogen functional groups attached to an aromatic ring is 1. The van der Waals surface area contributed by atoms with E-state index in [2.05, 4.69) is 61.6 Å². The van der Waals surface area contributed by atoms with Crippen molar-refractivity contribution in [1.82, 2.24) is 24.8 Å². The van der Waals surface area contributed by atoms with Crippen LogP contribution in [-0.2, 0) is 11.4 Å². The summed E-state index contributed by atoms with van der Waals surface area (Å²) < 4.78 is 8.85. The van der Waals surface area contributed by atoms with Gasteiger partial charge in [0.05, 0.1) is 6.33 Å². The molecular weight excluding hydrogens is 569 g/mol. The van der Waals surface area contributed by atoms with Gasteiger partial charge in [0.2, 0.25) is 17.7 Å². The van der Waals surface area contributed by atoms with Crippen LogP contribution in [0.5, 0.6) is 5.88 Å². The van der Waals surface area contributed by atoms with Crippen molar-refractivity contribution in [3.8, 4) is 5.88 Å². The van der Waals surface area contributed by atoms with E-state index in [4.69, 9.17) is 10.5 Å². The average Bonchev–Trinajstić information content (AvgIpc) is 3.29. The first-order valence-electron chi connectivity index (χ1n) is 11.9. The van der Waals surface area contributed by atoms with Crippen molar-refractivity contribution in [2.45, 2.75) is 33.4 Å². The van der Waals surface area contributed by atoms with Crippen LogP contribution in [0.4, 0.5) is 11.6 Å². The molecule has 2 heterocycles. The number of fused-ring (bicyclic) bond motifs is 1. The highest BCUT2D eigenvalue weighted by atomic mass is 127. The first kappa shape index (κ1) is 25.7. The van der Waals surface area contributed by atoms with Gasteiger partial charge in [-0.3, -0.25) is 9.36 Å². The van der Waals surface area contributed by atoms with Gasteiger partial charge in [0, 0.05) is 28.9 Å². The molecule has 1 amide bonds. The smallest absolute Gasteiger partial charge is 0.247 e. The number of halogens is 1. The van der Waals surface area contributed by atoms with E-state index in [0.29, 0.717) is 24.3 Å². The van der Waals surface area contributed by atoms with Gasteiger partial charge in [-0.15, -0.1) is 0 Å². The number of ether oxygens (including phenoxy) is 1. The molecule has 2 aromatic carbocycles. The highest BCUT2D eigenvalue weighted by Gasteiger charge is 2.26. The van der Waals surface area contributed by atoms with Gasteiger partial charge < -0.3 is 20.7 Å². The Balaban J connectivity index is 1.71. The van der Waals surface area contributed by atoms with Crippen LogP contribution >= 0.6 is 22.6 Å². The molecule has 4 rings (SSSR count). The molecular formula is C26H30IN7O2. The van der Waals surface area contributed by atoms with Gasteiger partial charge in [-0.1, -0.05) is 24.3 Å². The predicted octanol–water partition coefficient (Wildman–Crippen LogP) is 4.16. The number of nitrogens with zero attached hydrogens (tertiary/aromatic N) is 5. The Kier molecular flexibility index (Phi) is 8.24. The monoisotopic (exact) mass is 599 g/mol. The highest BCUT2D eigenvalue weighted by Crippen LogP contribution is 2.29. The standard InChI is InChI=1S/C26H30IN7O2/c1-4-29-24(35)22(18-9-13-20(14-10-18)33(5-2)6-3)34-16-30-21-23(34)31-26(28)32-25(21)36-15-17-7-11-19(27)12-8-17/h7-14,16,22H,4-6,15H2,1-3H3,(H,29,35)(H2,28,31,32). The van der Waals surface area contributed by atoms with E-state index < -0.39 is 6.04 Å². The van der Waals surface area contributed by atoms with Gasteiger partial charge in [-0.2, -0.15) is 9.97 Å². The number of hydrogen-bond donors (Lipinski definition) is 2. The van der Waals surface area contributed by atoms with Crippen molar-refractivity contribution >= 4 is 51.3 Å². The molecule has 0 aliphatic rings. The summed E-state index contributed by atoms with van der Waals surface area (Å²) in [5.41, 5.74) is 9.84. The first-order valence-corrected chi connectivity index (χ1v) is 13.0. The second kappa shape index (κ2) is 11.5. The summed E-state index contributed by atoms with van der Waals surface area (Å²) >= 11 is 2.26. The molecule has 9 nitrogen and oxygen atoms in total. The zero-order chi connectivity index (χ0) is 25.7. The minimum Gasteiger partial charge on any atom is -0.471 e. The topological polar surface area (TPSA) is 111 Å². The van der Waals surface area contributed by atoms with Gasteiger partial charge in [0.1, 0.15) is 12.6 Å². The number of likely N-dealkylation sites (N-methyl/N-ethyl adjacent to an activating group) is 1. The Morgan fingerprint density at radius 1 is 1.08 bits per heavy atom. The van der Waals surface area contributed by atoms with E-state index in [9.17, 15) is 4.79 Å². The van der Waals surface area contributed by atoms with Gasteiger partial charge >= 0.3 is 0 Å². The molecule has 10 heteroatoms. The van der Waals surface area contributed by atoms with Crippen LogP contribution < -0.4 is 20.7 Å². The van der Waals surface area contributed by atoms with Crippen LogP contribution in [0, 0.1) is 3.57 Å². The lowest BCUT2D eigenvalue weighted by Crippen LogP contribution is -2.33. The molecule has 3 N–H and O–H groups in total. The lowest BCUT2D eigenvalue weighted by atomic mass is 10.0. The Morgan fingerprint density at radius 3 is 2.42 bits per heavy atom. The normalized spacial score (nSPS) is 11.9. The van der Waals surface area contributed by atoms with Gasteiger partial charge in [0.15, 0.2) is 11.2 Å². The average molecular weight is 599 g/mol. The first-order chi connectivity index (χ1) is 17.4. The van der Waals surface area contributed by atoms with Crippen molar-refractivity contribution in [2.75, 3.05) is 30.3 Å². The van der Waals surface area contributed by atoms with E-state index in [1.165, 1.54) is 0 Å². The summed E-state index contributed by atoms with van der Waals surface area (Å²) in [7, 11) is 0. The number of amides is 1. The van der Waals surface area contributed by atoms with Crippen molar-refractivity contribution in [2.24, 2.45) is 0 Å². The number of carbonyl (C=O) groups is 1. The molecule has 188 valence electrons. The van der Waals surface area contributed by atoms with E-state index in [0.717, 1.165) is 33.5 Å². The third kappa shape index (κ3) is 5.53. The minimum absolute atomic E-state index is 0.0494. The molecule has 0 aliphatic heterocycles. The van der Waals surface area contributed by atoms with Crippen molar-refractivity contribution < 1.29 is 9.53 Å². The maximum Gasteiger partial charge on any atom is 0.247 e. The molecule has 4 aromatic rings. The third-order valence-electron chi connectivity index (χ3n) is 5.91. The second-order valence-corrected chi connectivity index (χ2v) is 9.43. The van der Waals surface area contributed by atoms with Crippen molar-refractivity contribution in [1.29, 1.82) is 0 Å². The van der Waals surface area contributed by atoms with Gasteiger partial charge in [-0.05, 0) is 78.8 Å². The quantitative estimate of drug-likeness (QED) is 0.264. The fraction of sp³-hybridized carbons (Fsp3) is 0.308. The van der Waals surface area contributed by atoms with Crippen molar-refractivity contribution in [3.63, 3.8) is 0 Å². The molecule has 0 spiro atoms. The van der Waals surface area contributed by atoms with Crippen LogP contribution in [0.3, 0.4) is 0 Å². The summed E-state index contributed by atoms with van der Waals surface area (Å²) in [5.74, 6) is 0.167. The Bertz CT molecular complexity index is 1320. The summed E-state index contributed by atoms with van der Waals surface area (Å²) in [6, 6.07) is 15.3. The van der Waals surface area contributed by atoms with Crippen LogP contribution in [0.15, 0.2) is 54.9 Å². The summed E-state index contributed by atoms with van der Waals surface area (Å²) in [6.45, 7) is 8.75. The zero-order valence-electron chi connectivity index (χ0n) is 20.6. The molecule has 0 fully saturated rings. The number of carbonyl (C=O) groups excluding carboxylic acids is 1. The Labute approximate surface area is 224 Å². The molecule has 36 heavy (non-hydrogen) atoms. The SMILES string of the molecule is CCNC(=O)C(c1ccc(N(CC)CC)cc1)n1cnc2c(OCc3ccc(I)cc3)nc(N)nc21. The fourth-order valence-electron chi connectivity index (χ4n) is 4.09. The van der Waals surface area contributed by atoms with E-state index in [1.54, 1.807) is 10.9 Å². The molecule has 2 aromatic heterocycles. The number of hydrogen-bond acceptors (Lipinski definition) is 7. The van der Waals surface area contributed by atoms with E-state index in [-0.39, 0.29) is 17.7 Å². The Morgan fingerprint density at radius 2 is 1.78 bits per heavy atom. The van der Waals surface area contributed by atoms with Crippen LogP contribution in [-0.4, -0.2) is 45.1 Å². The molecule has 0 radical (unpaired) electrons. The molecule has 0 saturated heterocycles. The second-order valence-electron chi connectivity index (χ2n) is 8.19. The molecule has 0 bridgehead atoms. The van der Waals surface area contributed by atoms with Crippen molar-refractivity contribution in [3.05, 3.63) is 69.6 Å². The summed E-state index contributed by atoms with van der Waals surface area (Å²) in [5, 5.41) is 2.93. The predicted molar refractivity (Wildman–Crippen MR) is 150 cm³/mol. The maximum atomic E-state index is 13.2. The molecule has 1 atom stereocenters. The van der Waals surface area contributed by atoms with E-state index in [1.807, 2.05) is 55.5 Å². The largest absolute Gasteiger partial charge is 0.471 e. The molecule has 0 aliphatic carbocycles. The number of nitrogens with two attached hydrogens (primary N) is 1. The lowest BCUT2D eigenvalue weighted by Gasteiger charge is -2.23. The summed E-state index contributed by atoms with van der Waals surface area (Å²) in [4.78, 5) is 28.7. The maximum absolute atomic E-state index is 13.2. The third-order valence-corrected chi connectivity index (χ3v) is 6.63. The number of rotatable bonds is 10. The number of nitrogens with one attached hydrogen (secondary N) is 1. The number of aromatic nitrogens is 4. The van der Waals surface area contributed by atoms with Gasteiger partial charge in [-0.25, -0.2) is 4.98 Å². The fourth-order valence-corrected chi connectivity index (χ4v) is 4.45. The van der Waals surface area contributed by atoms with Crippen LogP contribution in [0.25, 0.3) is 11.2 Å². The minimum atomic E-state index is -0.681. The highest BCUT2D eigenvalue weighted by molar-refractivity contribution is 14.1. The zero-order valence-corrected chi connectivity index (χ0v) is 22.8. The molecule has 0 saturated carbocycles. The Hall–Kier alpha value is -3.41. The summed E-state index contributed by atoms with van der Waals surface area (Å²) in [6.07, 6.45) is 1.59. The van der Waals surface area contributed by atoms with E-state index >= 15 is 0 Å². The van der Waals surface area contributed by atoms with Crippen LogP contribution in [0.2, 0.25) is 0 Å². The molecule has 1 unspecified atom stereocenters.